The van der Waals surface area contributed by atoms with Gasteiger partial charge in [0.1, 0.15) is 5.82 Å². The lowest BCUT2D eigenvalue weighted by atomic mass is 10.1. The van der Waals surface area contributed by atoms with Crippen LogP contribution in [-0.2, 0) is 11.3 Å². The highest BCUT2D eigenvalue weighted by Gasteiger charge is 2.36. The summed E-state index contributed by atoms with van der Waals surface area (Å²) in [7, 11) is 0. The van der Waals surface area contributed by atoms with Gasteiger partial charge in [-0.05, 0) is 46.3 Å². The standard InChI is InChI=1S/C14H8BrFN2O2/c15-8-1-3-10(17-6-8)7-18-12-4-2-9(16)5-11(12)13(19)14(18)20/h1-6H,7H2. The molecule has 0 aliphatic carbocycles. The number of carbonyl (C=O) groups is 2. The molecule has 0 spiro atoms. The molecule has 3 rings (SSSR count). The van der Waals surface area contributed by atoms with Crippen LogP contribution in [0.3, 0.4) is 0 Å². The maximum Gasteiger partial charge on any atom is 0.299 e. The minimum atomic E-state index is -0.684. The van der Waals surface area contributed by atoms with Gasteiger partial charge in [-0.2, -0.15) is 0 Å². The van der Waals surface area contributed by atoms with Gasteiger partial charge < -0.3 is 0 Å². The molecule has 0 N–H and O–H groups in total. The van der Waals surface area contributed by atoms with Crippen LogP contribution >= 0.6 is 15.9 Å². The van der Waals surface area contributed by atoms with Gasteiger partial charge >= 0.3 is 0 Å². The van der Waals surface area contributed by atoms with Gasteiger partial charge in [-0.15, -0.1) is 0 Å². The number of nitrogens with zero attached hydrogens (tertiary/aromatic N) is 2. The van der Waals surface area contributed by atoms with E-state index >= 15 is 0 Å². The molecule has 0 bridgehead atoms. The quantitative estimate of drug-likeness (QED) is 0.793. The third kappa shape index (κ3) is 2.12. The zero-order chi connectivity index (χ0) is 14.3. The summed E-state index contributed by atoms with van der Waals surface area (Å²) in [4.78, 5) is 29.3. The van der Waals surface area contributed by atoms with Crippen LogP contribution in [0.5, 0.6) is 0 Å². The van der Waals surface area contributed by atoms with Crippen LogP contribution in [0.2, 0.25) is 0 Å². The number of carbonyl (C=O) groups excluding carboxylic acids is 2. The van der Waals surface area contributed by atoms with E-state index in [9.17, 15) is 14.0 Å². The Morgan fingerprint density at radius 2 is 2.00 bits per heavy atom. The number of benzene rings is 1. The number of ketones is 1. The van der Waals surface area contributed by atoms with Crippen LogP contribution in [0.4, 0.5) is 10.1 Å². The Morgan fingerprint density at radius 3 is 2.70 bits per heavy atom. The molecule has 1 amide bonds. The molecule has 0 atom stereocenters. The Kier molecular flexibility index (Phi) is 3.10. The Labute approximate surface area is 122 Å². The Balaban J connectivity index is 1.97. The number of fused-ring (bicyclic) bond motifs is 1. The second-order valence-corrected chi connectivity index (χ2v) is 5.27. The molecule has 6 heteroatoms. The van der Waals surface area contributed by atoms with Gasteiger partial charge in [0.05, 0.1) is 23.5 Å². The zero-order valence-electron chi connectivity index (χ0n) is 10.1. The molecule has 0 radical (unpaired) electrons. The molecule has 1 aliphatic heterocycles. The van der Waals surface area contributed by atoms with E-state index < -0.39 is 17.5 Å². The SMILES string of the molecule is O=C1C(=O)N(Cc2ccc(Br)cn2)c2ccc(F)cc21. The van der Waals surface area contributed by atoms with E-state index in [0.29, 0.717) is 11.4 Å². The van der Waals surface area contributed by atoms with Crippen LogP contribution in [-0.4, -0.2) is 16.7 Å². The van der Waals surface area contributed by atoms with Crippen molar-refractivity contribution in [2.45, 2.75) is 6.54 Å². The number of halogens is 2. The molecule has 100 valence electrons. The summed E-state index contributed by atoms with van der Waals surface area (Å²) in [5.74, 6) is -1.87. The molecule has 0 fully saturated rings. The highest BCUT2D eigenvalue weighted by Crippen LogP contribution is 2.30. The molecule has 20 heavy (non-hydrogen) atoms. The van der Waals surface area contributed by atoms with Crippen LogP contribution in [0.1, 0.15) is 16.1 Å². The molecule has 0 saturated heterocycles. The monoisotopic (exact) mass is 334 g/mol. The smallest absolute Gasteiger partial charge is 0.299 e. The fourth-order valence-corrected chi connectivity index (χ4v) is 2.33. The van der Waals surface area contributed by atoms with Gasteiger partial charge in [0, 0.05) is 10.7 Å². The summed E-state index contributed by atoms with van der Waals surface area (Å²) in [6.45, 7) is 0.177. The van der Waals surface area contributed by atoms with Crippen molar-refractivity contribution >= 4 is 33.3 Å². The summed E-state index contributed by atoms with van der Waals surface area (Å²) in [6, 6.07) is 7.31. The van der Waals surface area contributed by atoms with Crippen molar-refractivity contribution in [3.63, 3.8) is 0 Å². The second-order valence-electron chi connectivity index (χ2n) is 4.35. The summed E-state index contributed by atoms with van der Waals surface area (Å²) >= 11 is 3.27. The van der Waals surface area contributed by atoms with Gasteiger partial charge in [-0.1, -0.05) is 0 Å². The zero-order valence-corrected chi connectivity index (χ0v) is 11.7. The number of amides is 1. The van der Waals surface area contributed by atoms with Crippen molar-refractivity contribution in [1.29, 1.82) is 0 Å². The number of rotatable bonds is 2. The first-order valence-electron chi connectivity index (χ1n) is 5.82. The lowest BCUT2D eigenvalue weighted by Gasteiger charge is -2.15. The maximum atomic E-state index is 13.2. The Morgan fingerprint density at radius 1 is 1.20 bits per heavy atom. The number of aromatic nitrogens is 1. The van der Waals surface area contributed by atoms with E-state index in [2.05, 4.69) is 20.9 Å². The highest BCUT2D eigenvalue weighted by molar-refractivity contribution is 9.10. The van der Waals surface area contributed by atoms with Gasteiger partial charge in [0.25, 0.3) is 11.7 Å². The number of hydrogen-bond donors (Lipinski definition) is 0. The fraction of sp³-hybridized carbons (Fsp3) is 0.0714. The van der Waals surface area contributed by atoms with Crippen LogP contribution in [0, 0.1) is 5.82 Å². The summed E-state index contributed by atoms with van der Waals surface area (Å²) in [5, 5.41) is 0. The predicted molar refractivity (Wildman–Crippen MR) is 73.9 cm³/mol. The van der Waals surface area contributed by atoms with Crippen molar-refractivity contribution in [3.05, 3.63) is 58.1 Å². The molecule has 1 aromatic carbocycles. The van der Waals surface area contributed by atoms with E-state index in [1.54, 1.807) is 18.3 Å². The molecule has 2 aromatic rings. The number of anilines is 1. The predicted octanol–water partition coefficient (Wildman–Crippen LogP) is 2.71. The number of hydrogen-bond acceptors (Lipinski definition) is 3. The first-order chi connectivity index (χ1) is 9.56. The Bertz CT molecular complexity index is 716. The van der Waals surface area contributed by atoms with Gasteiger partial charge in [0.2, 0.25) is 0 Å². The summed E-state index contributed by atoms with van der Waals surface area (Å²) in [5.41, 5.74) is 1.17. The van der Waals surface area contributed by atoms with Crippen molar-refractivity contribution in [3.8, 4) is 0 Å². The lowest BCUT2D eigenvalue weighted by Crippen LogP contribution is -2.29. The topological polar surface area (TPSA) is 50.3 Å². The van der Waals surface area contributed by atoms with Crippen molar-refractivity contribution in [2.24, 2.45) is 0 Å². The third-order valence-electron chi connectivity index (χ3n) is 3.04. The van der Waals surface area contributed by atoms with Gasteiger partial charge in [0.15, 0.2) is 0 Å². The molecule has 0 saturated carbocycles. The van der Waals surface area contributed by atoms with E-state index in [0.717, 1.165) is 10.5 Å². The maximum absolute atomic E-state index is 13.2. The molecular formula is C14H8BrFN2O2. The average Bonchev–Trinajstić information content (AvgIpc) is 2.66. The van der Waals surface area contributed by atoms with Gasteiger partial charge in [-0.25, -0.2) is 4.39 Å². The lowest BCUT2D eigenvalue weighted by molar-refractivity contribution is -0.114. The van der Waals surface area contributed by atoms with E-state index in [1.165, 1.54) is 17.0 Å². The Hall–Kier alpha value is -2.08. The third-order valence-corrected chi connectivity index (χ3v) is 3.51. The van der Waals surface area contributed by atoms with Crippen LogP contribution in [0.15, 0.2) is 41.0 Å². The van der Waals surface area contributed by atoms with E-state index in [1.807, 2.05) is 0 Å². The number of pyridine rings is 1. The molecule has 0 unspecified atom stereocenters. The first kappa shape index (κ1) is 12.9. The molecule has 2 heterocycles. The van der Waals surface area contributed by atoms with E-state index in [-0.39, 0.29) is 12.1 Å². The molecule has 1 aromatic heterocycles. The summed E-state index contributed by atoms with van der Waals surface area (Å²) < 4.78 is 14.0. The fourth-order valence-electron chi connectivity index (χ4n) is 2.09. The van der Waals surface area contributed by atoms with Gasteiger partial charge in [-0.3, -0.25) is 19.5 Å². The van der Waals surface area contributed by atoms with Crippen LogP contribution in [0.25, 0.3) is 0 Å². The molecular weight excluding hydrogens is 327 g/mol. The largest absolute Gasteiger partial charge is 0.299 e. The number of Topliss-reactive ketones (excluding diaryl/α,β-unsaturated/α-hetero) is 1. The average molecular weight is 335 g/mol. The van der Waals surface area contributed by atoms with Crippen molar-refractivity contribution in [2.75, 3.05) is 4.90 Å². The molecule has 1 aliphatic rings. The highest BCUT2D eigenvalue weighted by atomic mass is 79.9. The van der Waals surface area contributed by atoms with Crippen molar-refractivity contribution < 1.29 is 14.0 Å². The van der Waals surface area contributed by atoms with E-state index in [4.69, 9.17) is 0 Å². The minimum absolute atomic E-state index is 0.104. The second kappa shape index (κ2) is 4.79. The van der Waals surface area contributed by atoms with Crippen molar-refractivity contribution in [1.82, 2.24) is 4.98 Å². The minimum Gasteiger partial charge on any atom is -0.299 e. The molecule has 4 nitrogen and oxygen atoms in total. The first-order valence-corrected chi connectivity index (χ1v) is 6.62. The van der Waals surface area contributed by atoms with Crippen LogP contribution < -0.4 is 4.90 Å². The normalized spacial score (nSPS) is 13.8. The summed E-state index contributed by atoms with van der Waals surface area (Å²) in [6.07, 6.45) is 1.61.